The third-order valence-electron chi connectivity index (χ3n) is 3.12. The van der Waals surface area contributed by atoms with Crippen LogP contribution in [0, 0.1) is 5.92 Å². The lowest BCUT2D eigenvalue weighted by Gasteiger charge is -2.15. The largest absolute Gasteiger partial charge is 0.534 e. The molecule has 2 aromatic carbocycles. The Labute approximate surface area is 144 Å². The molecule has 0 atom stereocenters. The predicted octanol–water partition coefficient (Wildman–Crippen LogP) is 4.91. The van der Waals surface area contributed by atoms with Crippen LogP contribution in [0.1, 0.15) is 19.4 Å². The SMILES string of the molecule is CC(C)Cc1cc(Oc2ccccc2)ccc1OS(=O)(=O)C(F)(F)F. The van der Waals surface area contributed by atoms with Crippen molar-refractivity contribution < 1.29 is 30.5 Å². The van der Waals surface area contributed by atoms with Crippen LogP contribution in [0.4, 0.5) is 13.2 Å². The van der Waals surface area contributed by atoms with Gasteiger partial charge in [-0.3, -0.25) is 0 Å². The first-order valence-electron chi connectivity index (χ1n) is 7.45. The molecule has 0 aromatic heterocycles. The van der Waals surface area contributed by atoms with Crippen molar-refractivity contribution in [2.24, 2.45) is 5.92 Å². The van der Waals surface area contributed by atoms with Gasteiger partial charge in [0.25, 0.3) is 0 Å². The fourth-order valence-electron chi connectivity index (χ4n) is 2.09. The molecule has 0 aliphatic carbocycles. The molecule has 0 saturated carbocycles. The second-order valence-electron chi connectivity index (χ2n) is 5.77. The maximum atomic E-state index is 12.5. The zero-order chi connectivity index (χ0) is 18.7. The molecule has 2 rings (SSSR count). The molecule has 0 spiro atoms. The Balaban J connectivity index is 2.34. The molecule has 0 bridgehead atoms. The first-order chi connectivity index (χ1) is 11.6. The molecule has 4 nitrogen and oxygen atoms in total. The number of ether oxygens (including phenoxy) is 1. The first kappa shape index (κ1) is 19.1. The van der Waals surface area contributed by atoms with Gasteiger partial charge >= 0.3 is 15.6 Å². The summed E-state index contributed by atoms with van der Waals surface area (Å²) in [5.41, 5.74) is -5.17. The van der Waals surface area contributed by atoms with Gasteiger partial charge in [-0.1, -0.05) is 32.0 Å². The molecular formula is C17H17F3O4S. The van der Waals surface area contributed by atoms with Crippen LogP contribution in [0.5, 0.6) is 17.2 Å². The minimum absolute atomic E-state index is 0.0721. The Kier molecular flexibility index (Phi) is 5.62. The zero-order valence-electron chi connectivity index (χ0n) is 13.6. The highest BCUT2D eigenvalue weighted by atomic mass is 32.2. The second-order valence-corrected chi connectivity index (χ2v) is 7.30. The maximum Gasteiger partial charge on any atom is 0.534 e. The van der Waals surface area contributed by atoms with Crippen LogP contribution in [0.3, 0.4) is 0 Å². The number of para-hydroxylation sites is 1. The summed E-state index contributed by atoms with van der Waals surface area (Å²) >= 11 is 0. The Morgan fingerprint density at radius 2 is 1.64 bits per heavy atom. The van der Waals surface area contributed by atoms with Gasteiger partial charge in [-0.15, -0.1) is 0 Å². The molecule has 2 aromatic rings. The quantitative estimate of drug-likeness (QED) is 0.533. The summed E-state index contributed by atoms with van der Waals surface area (Å²) in [6.45, 7) is 3.71. The summed E-state index contributed by atoms with van der Waals surface area (Å²) in [5, 5.41) is 0. The number of alkyl halides is 3. The normalized spacial score (nSPS) is 12.2. The molecule has 0 saturated heterocycles. The van der Waals surface area contributed by atoms with Crippen LogP contribution in [0.15, 0.2) is 48.5 Å². The minimum atomic E-state index is -5.72. The lowest BCUT2D eigenvalue weighted by atomic mass is 10.0. The van der Waals surface area contributed by atoms with Crippen molar-refractivity contribution in [1.29, 1.82) is 0 Å². The molecule has 0 radical (unpaired) electrons. The van der Waals surface area contributed by atoms with Crippen LogP contribution in [-0.4, -0.2) is 13.9 Å². The topological polar surface area (TPSA) is 52.6 Å². The van der Waals surface area contributed by atoms with Crippen LogP contribution in [-0.2, 0) is 16.5 Å². The average Bonchev–Trinajstić information content (AvgIpc) is 2.49. The lowest BCUT2D eigenvalue weighted by molar-refractivity contribution is -0.0500. The smallest absolute Gasteiger partial charge is 0.457 e. The number of rotatable bonds is 6. The number of hydrogen-bond acceptors (Lipinski definition) is 4. The van der Waals surface area contributed by atoms with Gasteiger partial charge in [-0.25, -0.2) is 0 Å². The van der Waals surface area contributed by atoms with Gasteiger partial charge in [0.1, 0.15) is 17.2 Å². The first-order valence-corrected chi connectivity index (χ1v) is 8.86. The van der Waals surface area contributed by atoms with E-state index in [0.717, 1.165) is 0 Å². The summed E-state index contributed by atoms with van der Waals surface area (Å²) in [7, 11) is -5.72. The highest BCUT2D eigenvalue weighted by Gasteiger charge is 2.48. The molecule has 0 unspecified atom stereocenters. The summed E-state index contributed by atoms with van der Waals surface area (Å²) < 4.78 is 70.1. The van der Waals surface area contributed by atoms with Gasteiger partial charge < -0.3 is 8.92 Å². The molecule has 0 amide bonds. The Bertz CT molecular complexity index is 816. The zero-order valence-corrected chi connectivity index (χ0v) is 14.4. The Morgan fingerprint density at radius 1 is 1.00 bits per heavy atom. The van der Waals surface area contributed by atoms with Crippen LogP contribution in [0.2, 0.25) is 0 Å². The van der Waals surface area contributed by atoms with Gasteiger partial charge in [-0.05, 0) is 48.2 Å². The molecule has 0 aliphatic heterocycles. The van der Waals surface area contributed by atoms with Gasteiger partial charge in [0.2, 0.25) is 0 Å². The van der Waals surface area contributed by atoms with E-state index in [2.05, 4.69) is 4.18 Å². The second kappa shape index (κ2) is 7.35. The van der Waals surface area contributed by atoms with Crippen molar-refractivity contribution in [2.75, 3.05) is 0 Å². The standard InChI is InChI=1S/C17H17F3O4S/c1-12(2)10-13-11-15(23-14-6-4-3-5-7-14)8-9-16(13)24-25(21,22)17(18,19)20/h3-9,11-12H,10H2,1-2H3. The number of hydrogen-bond donors (Lipinski definition) is 0. The third kappa shape index (κ3) is 5.12. The number of benzene rings is 2. The van der Waals surface area contributed by atoms with Gasteiger partial charge in [0.15, 0.2) is 0 Å². The summed E-state index contributed by atoms with van der Waals surface area (Å²) in [6.07, 6.45) is 0.328. The van der Waals surface area contributed by atoms with Crippen molar-refractivity contribution in [2.45, 2.75) is 25.8 Å². The monoisotopic (exact) mass is 374 g/mol. The molecule has 0 fully saturated rings. The van der Waals surface area contributed by atoms with Crippen molar-refractivity contribution in [3.63, 3.8) is 0 Å². The maximum absolute atomic E-state index is 12.5. The van der Waals surface area contributed by atoms with E-state index in [0.29, 0.717) is 23.5 Å². The van der Waals surface area contributed by atoms with E-state index >= 15 is 0 Å². The highest BCUT2D eigenvalue weighted by molar-refractivity contribution is 7.88. The molecule has 136 valence electrons. The van der Waals surface area contributed by atoms with E-state index in [-0.39, 0.29) is 11.7 Å². The van der Waals surface area contributed by atoms with Crippen molar-refractivity contribution in [3.05, 3.63) is 54.1 Å². The van der Waals surface area contributed by atoms with E-state index in [1.807, 2.05) is 19.9 Å². The Hall–Kier alpha value is -2.22. The van der Waals surface area contributed by atoms with Gasteiger partial charge in [0, 0.05) is 0 Å². The van der Waals surface area contributed by atoms with E-state index in [1.54, 1.807) is 24.3 Å². The minimum Gasteiger partial charge on any atom is -0.457 e. The average molecular weight is 374 g/mol. The number of halogens is 3. The Morgan fingerprint density at radius 3 is 2.20 bits per heavy atom. The van der Waals surface area contributed by atoms with Crippen LogP contribution in [0.25, 0.3) is 0 Å². The van der Waals surface area contributed by atoms with Crippen LogP contribution < -0.4 is 8.92 Å². The molecule has 8 heteroatoms. The third-order valence-corrected chi connectivity index (χ3v) is 4.09. The van der Waals surface area contributed by atoms with Gasteiger partial charge in [-0.2, -0.15) is 21.6 Å². The molecular weight excluding hydrogens is 357 g/mol. The fourth-order valence-corrected chi connectivity index (χ4v) is 2.58. The highest BCUT2D eigenvalue weighted by Crippen LogP contribution is 2.33. The molecule has 0 aliphatic rings. The van der Waals surface area contributed by atoms with Crippen LogP contribution >= 0.6 is 0 Å². The van der Waals surface area contributed by atoms with Crippen molar-refractivity contribution in [1.82, 2.24) is 0 Å². The van der Waals surface area contributed by atoms with Gasteiger partial charge in [0.05, 0.1) is 0 Å². The summed E-state index contributed by atoms with van der Waals surface area (Å²) in [4.78, 5) is 0. The summed E-state index contributed by atoms with van der Waals surface area (Å²) in [6, 6.07) is 12.8. The van der Waals surface area contributed by atoms with E-state index in [4.69, 9.17) is 4.74 Å². The fraction of sp³-hybridized carbons (Fsp3) is 0.294. The van der Waals surface area contributed by atoms with Crippen molar-refractivity contribution in [3.8, 4) is 17.2 Å². The lowest BCUT2D eigenvalue weighted by Crippen LogP contribution is -2.28. The summed E-state index contributed by atoms with van der Waals surface area (Å²) in [5.74, 6) is 0.641. The molecule has 0 heterocycles. The molecule has 0 N–H and O–H groups in total. The molecule has 25 heavy (non-hydrogen) atoms. The predicted molar refractivity (Wildman–Crippen MR) is 87.1 cm³/mol. The van der Waals surface area contributed by atoms with E-state index in [9.17, 15) is 21.6 Å². The van der Waals surface area contributed by atoms with Crippen molar-refractivity contribution >= 4 is 10.1 Å². The van der Waals surface area contributed by atoms with E-state index in [1.165, 1.54) is 18.2 Å². The van der Waals surface area contributed by atoms with E-state index < -0.39 is 15.6 Å².